The highest BCUT2D eigenvalue weighted by Crippen LogP contribution is 2.12. The monoisotopic (exact) mass is 456 g/mol. The summed E-state index contributed by atoms with van der Waals surface area (Å²) in [6, 6.07) is 4.93. The minimum absolute atomic E-state index is 0.0514. The van der Waals surface area contributed by atoms with E-state index in [0.717, 1.165) is 0 Å². The predicted octanol–water partition coefficient (Wildman–Crippen LogP) is -0.712. The number of aliphatic carboxylic acids is 1. The lowest BCUT2D eigenvalue weighted by Gasteiger charge is -2.14. The number of nitrogens with zero attached hydrogens (tertiary/aromatic N) is 3. The van der Waals surface area contributed by atoms with Gasteiger partial charge in [0.25, 0.3) is 11.5 Å². The largest absolute Gasteiger partial charge is 0.480 e. The van der Waals surface area contributed by atoms with Gasteiger partial charge in [-0.15, -0.1) is 0 Å². The van der Waals surface area contributed by atoms with Crippen molar-refractivity contribution in [3.8, 4) is 0 Å². The second-order valence-corrected chi connectivity index (χ2v) is 6.81. The zero-order valence-electron chi connectivity index (χ0n) is 17.1. The number of nitrogens with two attached hydrogens (primary N) is 2. The second kappa shape index (κ2) is 10.1. The van der Waals surface area contributed by atoms with Crippen LogP contribution in [-0.4, -0.2) is 48.9 Å². The molecule has 0 bridgehead atoms. The van der Waals surface area contributed by atoms with Gasteiger partial charge >= 0.3 is 11.9 Å². The van der Waals surface area contributed by atoms with E-state index >= 15 is 0 Å². The average Bonchev–Trinajstić information content (AvgIpc) is 2.80. The van der Waals surface area contributed by atoms with Crippen LogP contribution in [-0.2, 0) is 21.0 Å². The minimum Gasteiger partial charge on any atom is -0.480 e. The molecule has 0 radical (unpaired) electrons. The van der Waals surface area contributed by atoms with E-state index in [4.69, 9.17) is 11.6 Å². The van der Waals surface area contributed by atoms with Crippen LogP contribution in [0.25, 0.3) is 11.2 Å². The first-order valence-electron chi connectivity index (χ1n) is 9.55. The number of carbonyl (C=O) groups is 3. The number of aromatic nitrogens is 4. The number of amides is 1. The van der Waals surface area contributed by atoms with Crippen molar-refractivity contribution in [2.24, 2.45) is 5.90 Å². The number of hydrogen-bond acceptors (Lipinski definition) is 11. The van der Waals surface area contributed by atoms with Gasteiger partial charge in [0.1, 0.15) is 6.04 Å². The highest BCUT2D eigenvalue weighted by Gasteiger charge is 2.22. The topological polar surface area (TPSA) is 228 Å². The summed E-state index contributed by atoms with van der Waals surface area (Å²) in [5.41, 5.74) is 6.50. The smallest absolute Gasteiger partial charge is 0.326 e. The third-order valence-electron chi connectivity index (χ3n) is 4.48. The number of anilines is 2. The maximum Gasteiger partial charge on any atom is 0.326 e. The molecule has 0 unspecified atom stereocenters. The summed E-state index contributed by atoms with van der Waals surface area (Å²) in [5, 5.41) is 14.6. The third-order valence-corrected chi connectivity index (χ3v) is 4.48. The molecule has 14 heteroatoms. The molecule has 1 atom stereocenters. The Morgan fingerprint density at radius 2 is 1.91 bits per heavy atom. The molecule has 0 fully saturated rings. The molecule has 33 heavy (non-hydrogen) atoms. The fourth-order valence-corrected chi connectivity index (χ4v) is 2.81. The van der Waals surface area contributed by atoms with E-state index in [0.29, 0.717) is 11.4 Å². The van der Waals surface area contributed by atoms with Crippen LogP contribution in [0.2, 0.25) is 0 Å². The molecule has 0 spiro atoms. The Morgan fingerprint density at radius 1 is 1.18 bits per heavy atom. The van der Waals surface area contributed by atoms with Gasteiger partial charge in [-0.3, -0.25) is 19.4 Å². The van der Waals surface area contributed by atoms with Gasteiger partial charge in [-0.2, -0.15) is 10.9 Å². The molecule has 14 nitrogen and oxygen atoms in total. The Kier molecular flexibility index (Phi) is 7.10. The molecular weight excluding hydrogens is 436 g/mol. The number of nitrogen functional groups attached to an aromatic ring is 1. The van der Waals surface area contributed by atoms with Crippen LogP contribution in [0.15, 0.2) is 35.3 Å². The molecule has 3 aromatic rings. The first-order valence-corrected chi connectivity index (χ1v) is 9.55. The molecule has 0 aliphatic carbocycles. The van der Waals surface area contributed by atoms with Crippen LogP contribution in [0, 0.1) is 0 Å². The number of benzene rings is 1. The van der Waals surface area contributed by atoms with Gasteiger partial charge in [-0.05, 0) is 30.7 Å². The van der Waals surface area contributed by atoms with Crippen molar-refractivity contribution < 1.29 is 24.3 Å². The molecule has 0 aliphatic rings. The highest BCUT2D eigenvalue weighted by atomic mass is 16.7. The Balaban J connectivity index is 1.61. The maximum atomic E-state index is 12.3. The number of nitrogens with one attached hydrogen (secondary N) is 3. The van der Waals surface area contributed by atoms with Crippen molar-refractivity contribution in [3.63, 3.8) is 0 Å². The van der Waals surface area contributed by atoms with E-state index < -0.39 is 29.4 Å². The Bertz CT molecular complexity index is 1240. The molecule has 0 saturated carbocycles. The van der Waals surface area contributed by atoms with E-state index in [2.05, 4.69) is 35.4 Å². The van der Waals surface area contributed by atoms with Crippen molar-refractivity contribution in [2.75, 3.05) is 11.1 Å². The Labute approximate surface area is 185 Å². The third kappa shape index (κ3) is 5.98. The van der Waals surface area contributed by atoms with Gasteiger partial charge in [-0.1, -0.05) is 0 Å². The number of aromatic amines is 1. The molecule has 8 N–H and O–H groups in total. The average molecular weight is 456 g/mol. The van der Waals surface area contributed by atoms with Crippen LogP contribution >= 0.6 is 0 Å². The maximum absolute atomic E-state index is 12.3. The number of carbonyl (C=O) groups excluding carboxylic acids is 2. The minimum atomic E-state index is -1.29. The number of carboxylic acids is 1. The van der Waals surface area contributed by atoms with Crippen molar-refractivity contribution in [2.45, 2.75) is 25.4 Å². The molecular formula is C19H20N8O6. The lowest BCUT2D eigenvalue weighted by molar-refractivity contribution is -0.145. The van der Waals surface area contributed by atoms with Crippen LogP contribution in [0.5, 0.6) is 0 Å². The van der Waals surface area contributed by atoms with Crippen LogP contribution < -0.4 is 27.8 Å². The number of H-pyrrole nitrogens is 1. The number of carboxylic acid groups (broad SMARTS) is 1. The highest BCUT2D eigenvalue weighted by molar-refractivity contribution is 5.97. The summed E-state index contributed by atoms with van der Waals surface area (Å²) in [4.78, 5) is 65.2. The van der Waals surface area contributed by atoms with Crippen molar-refractivity contribution in [3.05, 3.63) is 52.1 Å². The molecule has 172 valence electrons. The molecule has 2 aromatic heterocycles. The molecule has 0 saturated heterocycles. The fraction of sp³-hybridized carbons (Fsp3) is 0.211. The summed E-state index contributed by atoms with van der Waals surface area (Å²) in [5.74, 6) is 1.97. The summed E-state index contributed by atoms with van der Waals surface area (Å²) < 4.78 is 0. The summed E-state index contributed by atoms with van der Waals surface area (Å²) >= 11 is 0. The van der Waals surface area contributed by atoms with Crippen molar-refractivity contribution in [1.29, 1.82) is 0 Å². The number of rotatable bonds is 9. The van der Waals surface area contributed by atoms with Gasteiger partial charge in [0.2, 0.25) is 5.95 Å². The van der Waals surface area contributed by atoms with Gasteiger partial charge in [-0.25, -0.2) is 14.8 Å². The first kappa shape index (κ1) is 23.1. The van der Waals surface area contributed by atoms with Gasteiger partial charge in [0.05, 0.1) is 18.4 Å². The van der Waals surface area contributed by atoms with E-state index in [1.165, 1.54) is 18.3 Å². The van der Waals surface area contributed by atoms with Crippen LogP contribution in [0.4, 0.5) is 11.6 Å². The lowest BCUT2D eigenvalue weighted by Crippen LogP contribution is -2.41. The first-order chi connectivity index (χ1) is 15.8. The van der Waals surface area contributed by atoms with Crippen molar-refractivity contribution >= 4 is 40.6 Å². The molecule has 0 aliphatic heterocycles. The van der Waals surface area contributed by atoms with E-state index in [9.17, 15) is 24.3 Å². The predicted molar refractivity (Wildman–Crippen MR) is 115 cm³/mol. The van der Waals surface area contributed by atoms with Crippen molar-refractivity contribution in [1.82, 2.24) is 25.3 Å². The Hall–Kier alpha value is -4.59. The summed E-state index contributed by atoms with van der Waals surface area (Å²) in [6.07, 6.45) is 1.02. The lowest BCUT2D eigenvalue weighted by atomic mass is 10.1. The van der Waals surface area contributed by atoms with E-state index in [1.54, 1.807) is 12.1 Å². The SMILES string of the molecule is NOC(=O)CC[C@H](NC(=O)c1ccc(NCc2cnc3nc(N)[nH]c(=O)c3n2)cc1)C(=O)O. The summed E-state index contributed by atoms with van der Waals surface area (Å²) in [6.45, 7) is 0.233. The molecule has 3 rings (SSSR count). The zero-order valence-corrected chi connectivity index (χ0v) is 17.1. The van der Waals surface area contributed by atoms with Gasteiger partial charge < -0.3 is 26.3 Å². The second-order valence-electron chi connectivity index (χ2n) is 6.81. The number of hydrogen-bond donors (Lipinski definition) is 6. The standard InChI is InChI=1S/C19H20N8O6/c20-19-26-15-14(17(30)27-19)24-11(8-23-15)7-22-10-3-1-9(2-4-10)16(29)25-12(18(31)32)5-6-13(28)33-21/h1-4,8,12,22H,5-7,21H2,(H,25,29)(H,31,32)(H3,20,23,26,27,30)/t12-/m0/s1. The molecule has 1 aromatic carbocycles. The quantitative estimate of drug-likeness (QED) is 0.219. The van der Waals surface area contributed by atoms with Gasteiger partial charge in [0, 0.05) is 17.7 Å². The van der Waals surface area contributed by atoms with E-state index in [-0.39, 0.29) is 42.1 Å². The number of fused-ring (bicyclic) bond motifs is 1. The van der Waals surface area contributed by atoms with Crippen LogP contribution in [0.1, 0.15) is 28.9 Å². The van der Waals surface area contributed by atoms with Crippen LogP contribution in [0.3, 0.4) is 0 Å². The summed E-state index contributed by atoms with van der Waals surface area (Å²) in [7, 11) is 0. The zero-order chi connectivity index (χ0) is 24.0. The molecule has 2 heterocycles. The fourth-order valence-electron chi connectivity index (χ4n) is 2.81. The normalized spacial score (nSPS) is 11.5. The molecule has 1 amide bonds. The van der Waals surface area contributed by atoms with E-state index in [1.807, 2.05) is 0 Å². The Morgan fingerprint density at radius 3 is 2.58 bits per heavy atom. The van der Waals surface area contributed by atoms with Gasteiger partial charge in [0.15, 0.2) is 11.2 Å².